The molecule has 2 rings (SSSR count). The van der Waals surface area contributed by atoms with Crippen LogP contribution in [0.15, 0.2) is 18.2 Å². The highest BCUT2D eigenvalue weighted by Crippen LogP contribution is 2.23. The van der Waals surface area contributed by atoms with Crippen molar-refractivity contribution in [3.05, 3.63) is 29.3 Å². The molecule has 1 unspecified atom stereocenters. The van der Waals surface area contributed by atoms with Gasteiger partial charge in [0.1, 0.15) is 5.75 Å². The Labute approximate surface area is 90.4 Å². The third kappa shape index (κ3) is 2.30. The maximum Gasteiger partial charge on any atom is 0.119 e. The Kier molecular flexibility index (Phi) is 3.23. The van der Waals surface area contributed by atoms with Crippen molar-refractivity contribution in [3.63, 3.8) is 0 Å². The molecule has 1 aromatic carbocycles. The molecule has 15 heavy (non-hydrogen) atoms. The van der Waals surface area contributed by atoms with Gasteiger partial charge in [0.05, 0.1) is 26.4 Å². The molecule has 0 saturated carbocycles. The second-order valence-electron chi connectivity index (χ2n) is 3.80. The third-order valence-corrected chi connectivity index (χ3v) is 2.77. The van der Waals surface area contributed by atoms with Gasteiger partial charge in [-0.25, -0.2) is 0 Å². The van der Waals surface area contributed by atoms with Crippen molar-refractivity contribution in [3.8, 4) is 5.75 Å². The second-order valence-corrected chi connectivity index (χ2v) is 3.80. The summed E-state index contributed by atoms with van der Waals surface area (Å²) in [5, 5.41) is 3.45. The van der Waals surface area contributed by atoms with Crippen LogP contribution in [0.1, 0.15) is 17.2 Å². The summed E-state index contributed by atoms with van der Waals surface area (Å²) >= 11 is 0. The van der Waals surface area contributed by atoms with E-state index in [0.29, 0.717) is 6.04 Å². The summed E-state index contributed by atoms with van der Waals surface area (Å²) in [4.78, 5) is 0. The molecule has 3 nitrogen and oxygen atoms in total. The van der Waals surface area contributed by atoms with Crippen LogP contribution in [0.3, 0.4) is 0 Å². The number of ether oxygens (including phenoxy) is 2. The van der Waals surface area contributed by atoms with E-state index >= 15 is 0 Å². The van der Waals surface area contributed by atoms with Crippen molar-refractivity contribution in [2.75, 3.05) is 26.9 Å². The third-order valence-electron chi connectivity index (χ3n) is 2.77. The van der Waals surface area contributed by atoms with Gasteiger partial charge in [0.15, 0.2) is 0 Å². The molecule has 1 heterocycles. The Hall–Kier alpha value is -1.06. The molecule has 0 aliphatic carbocycles. The fourth-order valence-corrected chi connectivity index (χ4v) is 1.93. The Morgan fingerprint density at radius 1 is 1.47 bits per heavy atom. The first kappa shape index (κ1) is 10.5. The predicted molar refractivity (Wildman–Crippen MR) is 59.3 cm³/mol. The molecular weight excluding hydrogens is 190 g/mol. The fraction of sp³-hybridized carbons (Fsp3) is 0.500. The molecule has 1 N–H and O–H groups in total. The number of aryl methyl sites for hydroxylation is 1. The first-order valence-electron chi connectivity index (χ1n) is 5.27. The van der Waals surface area contributed by atoms with Crippen LogP contribution in [-0.2, 0) is 4.74 Å². The van der Waals surface area contributed by atoms with Crippen LogP contribution in [0.4, 0.5) is 0 Å². The normalized spacial score (nSPS) is 21.3. The lowest BCUT2D eigenvalue weighted by Gasteiger charge is -2.25. The molecular formula is C12H17NO2. The van der Waals surface area contributed by atoms with Gasteiger partial charge >= 0.3 is 0 Å². The quantitative estimate of drug-likeness (QED) is 0.800. The predicted octanol–water partition coefficient (Wildman–Crippen LogP) is 1.66. The van der Waals surface area contributed by atoms with Crippen molar-refractivity contribution in [1.29, 1.82) is 0 Å². The summed E-state index contributed by atoms with van der Waals surface area (Å²) in [5.74, 6) is 0.910. The number of hydrogen-bond acceptors (Lipinski definition) is 3. The molecule has 0 aromatic heterocycles. The lowest BCUT2D eigenvalue weighted by molar-refractivity contribution is 0.0767. The van der Waals surface area contributed by atoms with Gasteiger partial charge < -0.3 is 14.8 Å². The van der Waals surface area contributed by atoms with E-state index in [1.165, 1.54) is 11.1 Å². The van der Waals surface area contributed by atoms with Gasteiger partial charge in [-0.3, -0.25) is 0 Å². The van der Waals surface area contributed by atoms with E-state index in [4.69, 9.17) is 9.47 Å². The summed E-state index contributed by atoms with van der Waals surface area (Å²) in [5.41, 5.74) is 2.55. The van der Waals surface area contributed by atoms with Crippen molar-refractivity contribution < 1.29 is 9.47 Å². The zero-order valence-corrected chi connectivity index (χ0v) is 9.25. The van der Waals surface area contributed by atoms with E-state index in [1.807, 2.05) is 6.07 Å². The zero-order chi connectivity index (χ0) is 10.7. The number of hydrogen-bond donors (Lipinski definition) is 1. The first-order valence-corrected chi connectivity index (χ1v) is 5.27. The summed E-state index contributed by atoms with van der Waals surface area (Å²) in [6.45, 7) is 4.60. The van der Waals surface area contributed by atoms with E-state index in [-0.39, 0.29) is 0 Å². The average molecular weight is 207 g/mol. The van der Waals surface area contributed by atoms with Crippen LogP contribution < -0.4 is 10.1 Å². The van der Waals surface area contributed by atoms with Gasteiger partial charge in [-0.1, -0.05) is 6.07 Å². The number of morpholine rings is 1. The smallest absolute Gasteiger partial charge is 0.119 e. The Balaban J connectivity index is 2.19. The van der Waals surface area contributed by atoms with Gasteiger partial charge in [-0.2, -0.15) is 0 Å². The van der Waals surface area contributed by atoms with Crippen LogP contribution >= 0.6 is 0 Å². The van der Waals surface area contributed by atoms with Crippen molar-refractivity contribution in [2.45, 2.75) is 13.0 Å². The minimum atomic E-state index is 0.324. The lowest BCUT2D eigenvalue weighted by atomic mass is 10.0. The number of methoxy groups -OCH3 is 1. The molecule has 1 aromatic rings. The minimum absolute atomic E-state index is 0.324. The molecule has 1 fully saturated rings. The highest BCUT2D eigenvalue weighted by Gasteiger charge is 2.16. The van der Waals surface area contributed by atoms with Crippen LogP contribution in [0.2, 0.25) is 0 Å². The second kappa shape index (κ2) is 4.64. The average Bonchev–Trinajstić information content (AvgIpc) is 2.30. The van der Waals surface area contributed by atoms with Crippen molar-refractivity contribution in [1.82, 2.24) is 5.32 Å². The molecule has 0 amide bonds. The molecule has 0 radical (unpaired) electrons. The van der Waals surface area contributed by atoms with E-state index in [9.17, 15) is 0 Å². The monoisotopic (exact) mass is 207 g/mol. The summed E-state index contributed by atoms with van der Waals surface area (Å²) < 4.78 is 10.6. The molecule has 82 valence electrons. The molecule has 1 aliphatic rings. The summed E-state index contributed by atoms with van der Waals surface area (Å²) in [7, 11) is 1.69. The molecule has 1 atom stereocenters. The molecule has 3 heteroatoms. The maximum atomic E-state index is 5.45. The SMILES string of the molecule is COc1ccc(C2COCCN2)c(C)c1. The maximum absolute atomic E-state index is 5.45. The van der Waals surface area contributed by atoms with Gasteiger partial charge in [-0.05, 0) is 30.2 Å². The van der Waals surface area contributed by atoms with Crippen LogP contribution in [0, 0.1) is 6.92 Å². The summed E-state index contributed by atoms with van der Waals surface area (Å²) in [6, 6.07) is 6.50. The van der Waals surface area contributed by atoms with Crippen LogP contribution in [0.5, 0.6) is 5.75 Å². The minimum Gasteiger partial charge on any atom is -0.497 e. The Morgan fingerprint density at radius 3 is 2.93 bits per heavy atom. The van der Waals surface area contributed by atoms with E-state index in [2.05, 4.69) is 24.4 Å². The highest BCUT2D eigenvalue weighted by atomic mass is 16.5. The number of nitrogens with one attached hydrogen (secondary N) is 1. The van der Waals surface area contributed by atoms with Gasteiger partial charge in [0, 0.05) is 6.54 Å². The largest absolute Gasteiger partial charge is 0.497 e. The van der Waals surface area contributed by atoms with E-state index < -0.39 is 0 Å². The standard InChI is InChI=1S/C12H17NO2/c1-9-7-10(14-2)3-4-11(9)12-8-15-6-5-13-12/h3-4,7,12-13H,5-6,8H2,1-2H3. The lowest BCUT2D eigenvalue weighted by Crippen LogP contribution is -2.34. The first-order chi connectivity index (χ1) is 7.31. The van der Waals surface area contributed by atoms with Gasteiger partial charge in [0.25, 0.3) is 0 Å². The summed E-state index contributed by atoms with van der Waals surface area (Å²) in [6.07, 6.45) is 0. The zero-order valence-electron chi connectivity index (χ0n) is 9.25. The molecule has 1 saturated heterocycles. The topological polar surface area (TPSA) is 30.5 Å². The van der Waals surface area contributed by atoms with Gasteiger partial charge in [0.2, 0.25) is 0 Å². The molecule has 0 bridgehead atoms. The van der Waals surface area contributed by atoms with Gasteiger partial charge in [-0.15, -0.1) is 0 Å². The molecule has 1 aliphatic heterocycles. The fourth-order valence-electron chi connectivity index (χ4n) is 1.93. The highest BCUT2D eigenvalue weighted by molar-refractivity contribution is 5.36. The van der Waals surface area contributed by atoms with E-state index in [1.54, 1.807) is 7.11 Å². The van der Waals surface area contributed by atoms with E-state index in [0.717, 1.165) is 25.5 Å². The number of benzene rings is 1. The molecule has 0 spiro atoms. The van der Waals surface area contributed by atoms with Crippen molar-refractivity contribution >= 4 is 0 Å². The Morgan fingerprint density at radius 2 is 2.33 bits per heavy atom. The Bertz CT molecular complexity index is 332. The van der Waals surface area contributed by atoms with Crippen LogP contribution in [0.25, 0.3) is 0 Å². The van der Waals surface area contributed by atoms with Crippen molar-refractivity contribution in [2.24, 2.45) is 0 Å². The number of rotatable bonds is 2. The van der Waals surface area contributed by atoms with Crippen LogP contribution in [-0.4, -0.2) is 26.9 Å².